The van der Waals surface area contributed by atoms with Crippen molar-refractivity contribution in [2.45, 2.75) is 25.7 Å². The van der Waals surface area contributed by atoms with Gasteiger partial charge in [0.2, 0.25) is 5.91 Å². The molecule has 4 aromatic rings. The number of aromatic nitrogens is 4. The van der Waals surface area contributed by atoms with E-state index in [1.807, 2.05) is 10.6 Å². The summed E-state index contributed by atoms with van der Waals surface area (Å²) in [7, 11) is 0. The molecule has 0 fully saturated rings. The van der Waals surface area contributed by atoms with Crippen molar-refractivity contribution in [2.24, 2.45) is 0 Å². The molecule has 0 aliphatic rings. The lowest BCUT2D eigenvalue weighted by Gasteiger charge is -2.11. The highest BCUT2D eigenvalue weighted by atomic mass is 32.1. The molecule has 1 N–H and O–H groups in total. The number of nitrogens with one attached hydrogen (secondary N) is 1. The molecule has 3 aromatic heterocycles. The number of hydrogen-bond acceptors (Lipinski definition) is 6. The molecule has 11 heteroatoms. The second-order valence-electron chi connectivity index (χ2n) is 6.54. The summed E-state index contributed by atoms with van der Waals surface area (Å²) in [6.45, 7) is 0.337. The van der Waals surface area contributed by atoms with Crippen molar-refractivity contribution in [3.8, 4) is 5.75 Å². The second kappa shape index (κ2) is 8.72. The third-order valence-electron chi connectivity index (χ3n) is 4.33. The highest BCUT2D eigenvalue weighted by molar-refractivity contribution is 7.13. The van der Waals surface area contributed by atoms with Crippen molar-refractivity contribution in [1.82, 2.24) is 19.5 Å². The monoisotopic (exact) mass is 447 g/mol. The zero-order valence-electron chi connectivity index (χ0n) is 16.0. The standard InChI is InChI=1S/C20H16F3N5O2S/c21-20(22,23)30-14-5-3-13(4-6-14)12-28-16(26-15-2-1-9-24-18(15)28)7-8-17(29)27-19-25-10-11-31-19/h1-6,9-11H,7-8,12H2,(H,25,27,29). The molecule has 1 aromatic carbocycles. The molecule has 3 heterocycles. The maximum Gasteiger partial charge on any atom is 0.573 e. The van der Waals surface area contributed by atoms with E-state index >= 15 is 0 Å². The summed E-state index contributed by atoms with van der Waals surface area (Å²) in [5.41, 5.74) is 2.05. The number of pyridine rings is 1. The zero-order chi connectivity index (χ0) is 21.8. The van der Waals surface area contributed by atoms with E-state index in [9.17, 15) is 18.0 Å². The molecule has 0 unspecified atom stereocenters. The number of carbonyl (C=O) groups is 1. The fourth-order valence-electron chi connectivity index (χ4n) is 3.03. The van der Waals surface area contributed by atoms with Crippen molar-refractivity contribution >= 4 is 33.5 Å². The minimum Gasteiger partial charge on any atom is -0.406 e. The Morgan fingerprint density at radius 3 is 2.65 bits per heavy atom. The highest BCUT2D eigenvalue weighted by Gasteiger charge is 2.31. The van der Waals surface area contributed by atoms with Crippen molar-refractivity contribution in [2.75, 3.05) is 5.32 Å². The number of ether oxygens (including phenoxy) is 1. The summed E-state index contributed by atoms with van der Waals surface area (Å²) in [4.78, 5) is 25.2. The van der Waals surface area contributed by atoms with Crippen LogP contribution in [0, 0.1) is 0 Å². The number of alkyl halides is 3. The van der Waals surface area contributed by atoms with Crippen LogP contribution in [0.2, 0.25) is 0 Å². The van der Waals surface area contributed by atoms with Crippen LogP contribution in [0.25, 0.3) is 11.2 Å². The number of halogens is 3. The maximum absolute atomic E-state index is 12.4. The number of nitrogens with zero attached hydrogens (tertiary/aromatic N) is 4. The third-order valence-corrected chi connectivity index (χ3v) is 5.02. The number of fused-ring (bicyclic) bond motifs is 1. The minimum atomic E-state index is -4.74. The lowest BCUT2D eigenvalue weighted by Crippen LogP contribution is -2.17. The van der Waals surface area contributed by atoms with E-state index in [-0.39, 0.29) is 18.1 Å². The second-order valence-corrected chi connectivity index (χ2v) is 7.43. The van der Waals surface area contributed by atoms with Crippen LogP contribution in [0.5, 0.6) is 5.75 Å². The van der Waals surface area contributed by atoms with E-state index in [2.05, 4.69) is 25.0 Å². The average molecular weight is 447 g/mol. The first-order valence-electron chi connectivity index (χ1n) is 9.21. The van der Waals surface area contributed by atoms with E-state index in [4.69, 9.17) is 0 Å². The number of benzene rings is 1. The van der Waals surface area contributed by atoms with Gasteiger partial charge >= 0.3 is 6.36 Å². The van der Waals surface area contributed by atoms with Gasteiger partial charge in [-0.15, -0.1) is 24.5 Å². The quantitative estimate of drug-likeness (QED) is 0.454. The Morgan fingerprint density at radius 1 is 1.13 bits per heavy atom. The van der Waals surface area contributed by atoms with Crippen LogP contribution in [0.3, 0.4) is 0 Å². The van der Waals surface area contributed by atoms with Gasteiger partial charge < -0.3 is 14.6 Å². The molecule has 7 nitrogen and oxygen atoms in total. The molecule has 31 heavy (non-hydrogen) atoms. The smallest absolute Gasteiger partial charge is 0.406 e. The summed E-state index contributed by atoms with van der Waals surface area (Å²) >= 11 is 1.33. The Bertz CT molecular complexity index is 1170. The van der Waals surface area contributed by atoms with Crippen LogP contribution in [-0.2, 0) is 17.8 Å². The van der Waals surface area contributed by atoms with Gasteiger partial charge in [0.15, 0.2) is 10.8 Å². The molecule has 0 atom stereocenters. The summed E-state index contributed by atoms with van der Waals surface area (Å²) in [6, 6.07) is 9.21. The summed E-state index contributed by atoms with van der Waals surface area (Å²) < 4.78 is 42.9. The van der Waals surface area contributed by atoms with Crippen LogP contribution >= 0.6 is 11.3 Å². The van der Waals surface area contributed by atoms with Crippen LogP contribution < -0.4 is 10.1 Å². The van der Waals surface area contributed by atoms with Gasteiger partial charge in [-0.05, 0) is 29.8 Å². The molecule has 0 saturated carbocycles. The number of aryl methyl sites for hydroxylation is 1. The van der Waals surface area contributed by atoms with Crippen LogP contribution in [0.1, 0.15) is 17.8 Å². The van der Waals surface area contributed by atoms with Gasteiger partial charge in [-0.2, -0.15) is 0 Å². The van der Waals surface area contributed by atoms with Crippen LogP contribution in [0.15, 0.2) is 54.2 Å². The molecule has 160 valence electrons. The summed E-state index contributed by atoms with van der Waals surface area (Å²) in [6.07, 6.45) is -0.932. The molecule has 0 radical (unpaired) electrons. The van der Waals surface area contributed by atoms with Gasteiger partial charge in [-0.3, -0.25) is 4.79 Å². The number of rotatable bonds is 7. The number of amides is 1. The first-order chi connectivity index (χ1) is 14.9. The van der Waals surface area contributed by atoms with E-state index in [1.165, 1.54) is 23.5 Å². The fourth-order valence-corrected chi connectivity index (χ4v) is 3.58. The lowest BCUT2D eigenvalue weighted by atomic mass is 10.2. The van der Waals surface area contributed by atoms with Gasteiger partial charge in [-0.25, -0.2) is 15.0 Å². The average Bonchev–Trinajstić information content (AvgIpc) is 3.35. The molecule has 0 aliphatic carbocycles. The topological polar surface area (TPSA) is 81.9 Å². The normalized spacial score (nSPS) is 11.6. The molecule has 0 saturated heterocycles. The number of anilines is 1. The van der Waals surface area contributed by atoms with E-state index in [0.717, 1.165) is 5.56 Å². The lowest BCUT2D eigenvalue weighted by molar-refractivity contribution is -0.274. The van der Waals surface area contributed by atoms with E-state index < -0.39 is 6.36 Å². The van der Waals surface area contributed by atoms with Crippen molar-refractivity contribution in [3.63, 3.8) is 0 Å². The summed E-state index contributed by atoms with van der Waals surface area (Å²) in [5.74, 6) is 0.178. The predicted octanol–water partition coefficient (Wildman–Crippen LogP) is 4.41. The Morgan fingerprint density at radius 2 is 1.94 bits per heavy atom. The maximum atomic E-state index is 12.4. The molecule has 0 bridgehead atoms. The predicted molar refractivity (Wildman–Crippen MR) is 109 cm³/mol. The first-order valence-corrected chi connectivity index (χ1v) is 10.1. The Balaban J connectivity index is 1.51. The Labute approximate surface area is 178 Å². The van der Waals surface area contributed by atoms with Crippen LogP contribution in [-0.4, -0.2) is 31.8 Å². The van der Waals surface area contributed by atoms with Gasteiger partial charge in [-0.1, -0.05) is 12.1 Å². The zero-order valence-corrected chi connectivity index (χ0v) is 16.8. The molecule has 0 aliphatic heterocycles. The number of thiazole rings is 1. The molecule has 0 spiro atoms. The van der Waals surface area contributed by atoms with Gasteiger partial charge in [0, 0.05) is 30.6 Å². The number of carbonyl (C=O) groups excluding carboxylic acids is 1. The molecule has 4 rings (SSSR count). The van der Waals surface area contributed by atoms with Gasteiger partial charge in [0.25, 0.3) is 0 Å². The third kappa shape index (κ3) is 5.37. The highest BCUT2D eigenvalue weighted by Crippen LogP contribution is 2.24. The van der Waals surface area contributed by atoms with Crippen molar-refractivity contribution in [3.05, 3.63) is 65.6 Å². The number of imidazole rings is 1. The SMILES string of the molecule is O=C(CCc1nc2cccnc2n1Cc1ccc(OC(F)(F)F)cc1)Nc1nccs1. The van der Waals surface area contributed by atoms with Crippen molar-refractivity contribution in [1.29, 1.82) is 0 Å². The van der Waals surface area contributed by atoms with Gasteiger partial charge in [0.1, 0.15) is 17.1 Å². The number of hydrogen-bond donors (Lipinski definition) is 1. The Kier molecular flexibility index (Phi) is 5.85. The van der Waals surface area contributed by atoms with Crippen molar-refractivity contribution < 1.29 is 22.7 Å². The van der Waals surface area contributed by atoms with E-state index in [0.29, 0.717) is 35.1 Å². The molecular formula is C20H16F3N5O2S. The minimum absolute atomic E-state index is 0.185. The Hall–Kier alpha value is -3.47. The van der Waals surface area contributed by atoms with Gasteiger partial charge in [0.05, 0.1) is 6.54 Å². The van der Waals surface area contributed by atoms with Crippen LogP contribution in [0.4, 0.5) is 18.3 Å². The van der Waals surface area contributed by atoms with E-state index in [1.54, 1.807) is 36.0 Å². The summed E-state index contributed by atoms with van der Waals surface area (Å²) in [5, 5.41) is 5.03. The first kappa shape index (κ1) is 20.8. The molecule has 1 amide bonds. The molecular weight excluding hydrogens is 431 g/mol. The largest absolute Gasteiger partial charge is 0.573 e. The fraction of sp³-hybridized carbons (Fsp3) is 0.200.